The molecule has 88 valence electrons. The molecule has 0 aromatic heterocycles. The number of nitrogens with two attached hydrogens (primary N) is 1. The van der Waals surface area contributed by atoms with Crippen LogP contribution in [0.1, 0.15) is 0 Å². The van der Waals surface area contributed by atoms with E-state index >= 15 is 0 Å². The summed E-state index contributed by atoms with van der Waals surface area (Å²) in [7, 11) is 0. The molecule has 0 atom stereocenters. The number of hydrogen-bond donors (Lipinski definition) is 3. The van der Waals surface area contributed by atoms with Crippen LogP contribution in [-0.4, -0.2) is 13.1 Å². The average molecular weight is 227 g/mol. The molecule has 3 nitrogen and oxygen atoms in total. The maximum atomic E-state index is 5.50. The molecular weight excluding hydrogens is 210 g/mol. The van der Waals surface area contributed by atoms with Crippen molar-refractivity contribution in [2.24, 2.45) is 5.73 Å². The summed E-state index contributed by atoms with van der Waals surface area (Å²) < 4.78 is 0. The smallest absolute Gasteiger partial charge is 0.0620 e. The van der Waals surface area contributed by atoms with Gasteiger partial charge < -0.3 is 16.4 Å². The summed E-state index contributed by atoms with van der Waals surface area (Å²) in [5.41, 5.74) is 8.71. The minimum Gasteiger partial charge on any atom is -0.382 e. The molecule has 0 spiro atoms. The highest BCUT2D eigenvalue weighted by molar-refractivity contribution is 5.74. The minimum absolute atomic E-state index is 0.625. The van der Waals surface area contributed by atoms with Gasteiger partial charge in [0.25, 0.3) is 0 Å². The molecule has 0 aliphatic rings. The number of benzene rings is 2. The Balaban J connectivity index is 2.15. The molecule has 0 amide bonds. The van der Waals surface area contributed by atoms with Gasteiger partial charge in [-0.25, -0.2) is 0 Å². The Morgan fingerprint density at radius 1 is 0.824 bits per heavy atom. The highest BCUT2D eigenvalue weighted by atomic mass is 15.0. The van der Waals surface area contributed by atoms with E-state index in [1.54, 1.807) is 0 Å². The third kappa shape index (κ3) is 3.23. The molecule has 0 saturated heterocycles. The molecule has 0 radical (unpaired) electrons. The fourth-order valence-electron chi connectivity index (χ4n) is 1.63. The van der Waals surface area contributed by atoms with Gasteiger partial charge in [0.2, 0.25) is 0 Å². The van der Waals surface area contributed by atoms with Crippen LogP contribution in [0, 0.1) is 0 Å². The second kappa shape index (κ2) is 5.92. The molecule has 2 rings (SSSR count). The quantitative estimate of drug-likeness (QED) is 0.736. The van der Waals surface area contributed by atoms with E-state index < -0.39 is 0 Å². The lowest BCUT2D eigenvalue weighted by Crippen LogP contribution is -2.13. The predicted molar refractivity (Wildman–Crippen MR) is 73.7 cm³/mol. The molecule has 17 heavy (non-hydrogen) atoms. The van der Waals surface area contributed by atoms with Crippen molar-refractivity contribution in [1.29, 1.82) is 0 Å². The van der Waals surface area contributed by atoms with Crippen LogP contribution in [0.3, 0.4) is 0 Å². The number of anilines is 3. The van der Waals surface area contributed by atoms with Crippen molar-refractivity contribution in [2.75, 3.05) is 23.7 Å². The van der Waals surface area contributed by atoms with Crippen LogP contribution in [0.2, 0.25) is 0 Å². The van der Waals surface area contributed by atoms with Crippen molar-refractivity contribution < 1.29 is 0 Å². The Kier molecular flexibility index (Phi) is 4.00. The van der Waals surface area contributed by atoms with E-state index in [2.05, 4.69) is 10.6 Å². The van der Waals surface area contributed by atoms with Crippen LogP contribution in [-0.2, 0) is 0 Å². The third-order valence-corrected chi connectivity index (χ3v) is 2.44. The van der Waals surface area contributed by atoms with Crippen LogP contribution >= 0.6 is 0 Å². The van der Waals surface area contributed by atoms with Crippen molar-refractivity contribution in [2.45, 2.75) is 0 Å². The highest BCUT2D eigenvalue weighted by Gasteiger charge is 2.00. The first-order valence-corrected chi connectivity index (χ1v) is 5.75. The molecular formula is C14H17N3. The van der Waals surface area contributed by atoms with Crippen molar-refractivity contribution in [3.8, 4) is 0 Å². The Labute approximate surface area is 102 Å². The lowest BCUT2D eigenvalue weighted by atomic mass is 10.2. The van der Waals surface area contributed by atoms with Gasteiger partial charge in [-0.15, -0.1) is 0 Å². The van der Waals surface area contributed by atoms with E-state index in [0.29, 0.717) is 6.54 Å². The van der Waals surface area contributed by atoms with Gasteiger partial charge in [0.05, 0.1) is 11.4 Å². The molecule has 0 fully saturated rings. The normalized spacial score (nSPS) is 9.94. The number of hydrogen-bond acceptors (Lipinski definition) is 3. The van der Waals surface area contributed by atoms with Crippen LogP contribution in [0.25, 0.3) is 0 Å². The fraction of sp³-hybridized carbons (Fsp3) is 0.143. The van der Waals surface area contributed by atoms with Crippen LogP contribution < -0.4 is 16.4 Å². The maximum Gasteiger partial charge on any atom is 0.0620 e. The summed E-state index contributed by atoms with van der Waals surface area (Å²) in [4.78, 5) is 0. The lowest BCUT2D eigenvalue weighted by Gasteiger charge is -2.13. The average Bonchev–Trinajstić information content (AvgIpc) is 2.39. The summed E-state index contributed by atoms with van der Waals surface area (Å²) in [6, 6.07) is 18.2. The van der Waals surface area contributed by atoms with Gasteiger partial charge in [-0.05, 0) is 24.3 Å². The minimum atomic E-state index is 0.625. The van der Waals surface area contributed by atoms with E-state index in [4.69, 9.17) is 5.73 Å². The molecule has 0 aliphatic carbocycles. The molecule has 0 aliphatic heterocycles. The summed E-state index contributed by atoms with van der Waals surface area (Å²) in [5, 5.41) is 6.67. The van der Waals surface area contributed by atoms with Crippen LogP contribution in [0.15, 0.2) is 54.6 Å². The van der Waals surface area contributed by atoms with E-state index in [0.717, 1.165) is 23.6 Å². The fourth-order valence-corrected chi connectivity index (χ4v) is 1.63. The number of rotatable bonds is 5. The SMILES string of the molecule is NCCNc1ccccc1Nc1ccccc1. The van der Waals surface area contributed by atoms with Gasteiger partial charge in [-0.3, -0.25) is 0 Å². The van der Waals surface area contributed by atoms with Crippen molar-refractivity contribution in [1.82, 2.24) is 0 Å². The summed E-state index contributed by atoms with van der Waals surface area (Å²) in [6.45, 7) is 1.40. The van der Waals surface area contributed by atoms with E-state index in [-0.39, 0.29) is 0 Å². The van der Waals surface area contributed by atoms with Gasteiger partial charge in [-0.2, -0.15) is 0 Å². The van der Waals surface area contributed by atoms with Crippen molar-refractivity contribution >= 4 is 17.1 Å². The Morgan fingerprint density at radius 2 is 1.47 bits per heavy atom. The first-order valence-electron chi connectivity index (χ1n) is 5.75. The largest absolute Gasteiger partial charge is 0.382 e. The molecule has 0 bridgehead atoms. The van der Waals surface area contributed by atoms with Crippen molar-refractivity contribution in [3.05, 3.63) is 54.6 Å². The monoisotopic (exact) mass is 227 g/mol. The standard InChI is InChI=1S/C14H17N3/c15-10-11-16-13-8-4-5-9-14(13)17-12-6-2-1-3-7-12/h1-9,16-17H,10-11,15H2. The summed E-state index contributed by atoms with van der Waals surface area (Å²) >= 11 is 0. The van der Waals surface area contributed by atoms with Gasteiger partial charge in [0.15, 0.2) is 0 Å². The zero-order valence-corrected chi connectivity index (χ0v) is 9.69. The Hall–Kier alpha value is -2.00. The molecule has 0 heterocycles. The second-order valence-corrected chi connectivity index (χ2v) is 3.75. The molecule has 2 aromatic carbocycles. The second-order valence-electron chi connectivity index (χ2n) is 3.75. The predicted octanol–water partition coefficient (Wildman–Crippen LogP) is 2.80. The lowest BCUT2D eigenvalue weighted by molar-refractivity contribution is 1.02. The van der Waals surface area contributed by atoms with Gasteiger partial charge in [0, 0.05) is 18.8 Å². The molecule has 0 unspecified atom stereocenters. The van der Waals surface area contributed by atoms with E-state index in [1.165, 1.54) is 0 Å². The van der Waals surface area contributed by atoms with Crippen LogP contribution in [0.4, 0.5) is 17.1 Å². The van der Waals surface area contributed by atoms with E-state index in [1.807, 2.05) is 54.6 Å². The van der Waals surface area contributed by atoms with Gasteiger partial charge in [-0.1, -0.05) is 30.3 Å². The topological polar surface area (TPSA) is 50.1 Å². The molecule has 0 saturated carbocycles. The van der Waals surface area contributed by atoms with Crippen molar-refractivity contribution in [3.63, 3.8) is 0 Å². The number of nitrogens with one attached hydrogen (secondary N) is 2. The van der Waals surface area contributed by atoms with E-state index in [9.17, 15) is 0 Å². The third-order valence-electron chi connectivity index (χ3n) is 2.44. The maximum absolute atomic E-state index is 5.50. The zero-order chi connectivity index (χ0) is 11.9. The number of para-hydroxylation sites is 3. The Bertz CT molecular complexity index is 454. The van der Waals surface area contributed by atoms with Crippen LogP contribution in [0.5, 0.6) is 0 Å². The molecule has 4 N–H and O–H groups in total. The first-order chi connectivity index (χ1) is 8.40. The summed E-state index contributed by atoms with van der Waals surface area (Å²) in [6.07, 6.45) is 0. The molecule has 3 heteroatoms. The van der Waals surface area contributed by atoms with Gasteiger partial charge >= 0.3 is 0 Å². The molecule has 2 aromatic rings. The first kappa shape index (κ1) is 11.5. The zero-order valence-electron chi connectivity index (χ0n) is 9.69. The summed E-state index contributed by atoms with van der Waals surface area (Å²) in [5.74, 6) is 0. The Morgan fingerprint density at radius 3 is 2.18 bits per heavy atom. The highest BCUT2D eigenvalue weighted by Crippen LogP contribution is 2.24. The van der Waals surface area contributed by atoms with Gasteiger partial charge in [0.1, 0.15) is 0 Å².